The molecule has 0 radical (unpaired) electrons. The number of hydrogen-bond donors (Lipinski definition) is 0. The van der Waals surface area contributed by atoms with Gasteiger partial charge in [-0.05, 0) is 48.4 Å². The summed E-state index contributed by atoms with van der Waals surface area (Å²) in [5.74, 6) is 0.0848. The smallest absolute Gasteiger partial charge is 0.258 e. The average Bonchev–Trinajstić information content (AvgIpc) is 3.09. The SMILES string of the molecule is CC=Cc1ccc2c(c1)C(=O)N(c1ccc3c(ccn3C)c1)C2. The standard InChI is InChI=1S/C20H18N2O/c1-3-4-14-5-6-16-13-22(20(23)18(16)11-14)17-7-8-19-15(12-17)9-10-21(19)2/h3-12H,13H2,1-2H3. The molecule has 4 rings (SSSR count). The van der Waals surface area contributed by atoms with Crippen LogP contribution in [0.25, 0.3) is 17.0 Å². The normalized spacial score (nSPS) is 14.2. The molecule has 0 aliphatic carbocycles. The molecule has 0 saturated heterocycles. The van der Waals surface area contributed by atoms with E-state index in [0.717, 1.165) is 27.8 Å². The topological polar surface area (TPSA) is 25.2 Å². The maximum Gasteiger partial charge on any atom is 0.258 e. The minimum absolute atomic E-state index is 0.0848. The number of carbonyl (C=O) groups is 1. The molecular formula is C20H18N2O. The van der Waals surface area contributed by atoms with Gasteiger partial charge in [0.25, 0.3) is 5.91 Å². The van der Waals surface area contributed by atoms with Crippen LogP contribution in [-0.2, 0) is 13.6 Å². The van der Waals surface area contributed by atoms with E-state index in [1.165, 1.54) is 5.52 Å². The Balaban J connectivity index is 1.73. The first kappa shape index (κ1) is 13.8. The van der Waals surface area contributed by atoms with Gasteiger partial charge in [0, 0.05) is 35.4 Å². The molecule has 0 bridgehead atoms. The van der Waals surface area contributed by atoms with Crippen molar-refractivity contribution < 1.29 is 4.79 Å². The molecule has 0 saturated carbocycles. The summed E-state index contributed by atoms with van der Waals surface area (Å²) in [4.78, 5) is 14.6. The summed E-state index contributed by atoms with van der Waals surface area (Å²) < 4.78 is 2.09. The minimum atomic E-state index is 0.0848. The number of allylic oxidation sites excluding steroid dienone is 1. The molecule has 2 aromatic carbocycles. The first-order chi connectivity index (χ1) is 11.2. The van der Waals surface area contributed by atoms with Crippen LogP contribution in [0.1, 0.15) is 28.4 Å². The molecule has 3 heteroatoms. The summed E-state index contributed by atoms with van der Waals surface area (Å²) in [7, 11) is 2.03. The number of rotatable bonds is 2. The van der Waals surface area contributed by atoms with Crippen molar-refractivity contribution in [3.05, 3.63) is 71.4 Å². The Morgan fingerprint density at radius 2 is 1.96 bits per heavy atom. The van der Waals surface area contributed by atoms with Gasteiger partial charge in [-0.25, -0.2) is 0 Å². The predicted molar refractivity (Wildman–Crippen MR) is 94.6 cm³/mol. The number of benzene rings is 2. The van der Waals surface area contributed by atoms with E-state index < -0.39 is 0 Å². The van der Waals surface area contributed by atoms with Crippen molar-refractivity contribution in [3.8, 4) is 0 Å². The molecule has 3 aromatic rings. The lowest BCUT2D eigenvalue weighted by Crippen LogP contribution is -2.22. The van der Waals surface area contributed by atoms with E-state index >= 15 is 0 Å². The van der Waals surface area contributed by atoms with Crippen molar-refractivity contribution in [1.29, 1.82) is 0 Å². The Bertz CT molecular complexity index is 949. The van der Waals surface area contributed by atoms with Crippen LogP contribution in [0, 0.1) is 0 Å². The van der Waals surface area contributed by atoms with E-state index in [2.05, 4.69) is 34.9 Å². The molecule has 1 aromatic heterocycles. The average molecular weight is 302 g/mol. The van der Waals surface area contributed by atoms with Gasteiger partial charge in [0.2, 0.25) is 0 Å². The highest BCUT2D eigenvalue weighted by Crippen LogP contribution is 2.31. The summed E-state index contributed by atoms with van der Waals surface area (Å²) in [5.41, 5.74) is 5.11. The highest BCUT2D eigenvalue weighted by atomic mass is 16.2. The third kappa shape index (κ3) is 2.16. The van der Waals surface area contributed by atoms with E-state index in [1.807, 2.05) is 49.4 Å². The molecular weight excluding hydrogens is 284 g/mol. The number of nitrogens with zero attached hydrogens (tertiary/aromatic N) is 2. The number of aryl methyl sites for hydroxylation is 1. The van der Waals surface area contributed by atoms with Gasteiger partial charge >= 0.3 is 0 Å². The third-order valence-electron chi connectivity index (χ3n) is 4.48. The summed E-state index contributed by atoms with van der Waals surface area (Å²) in [6.45, 7) is 2.62. The van der Waals surface area contributed by atoms with Crippen LogP contribution in [0.2, 0.25) is 0 Å². The zero-order valence-corrected chi connectivity index (χ0v) is 13.3. The maximum absolute atomic E-state index is 12.8. The fourth-order valence-corrected chi connectivity index (χ4v) is 3.26. The van der Waals surface area contributed by atoms with Crippen molar-refractivity contribution in [2.75, 3.05) is 4.90 Å². The summed E-state index contributed by atoms with van der Waals surface area (Å²) >= 11 is 0. The van der Waals surface area contributed by atoms with Gasteiger partial charge < -0.3 is 9.47 Å². The number of aromatic nitrogens is 1. The summed E-state index contributed by atoms with van der Waals surface area (Å²) in [6.07, 6.45) is 6.05. The van der Waals surface area contributed by atoms with Gasteiger partial charge in [-0.15, -0.1) is 0 Å². The zero-order valence-electron chi connectivity index (χ0n) is 13.3. The molecule has 0 N–H and O–H groups in total. The number of carbonyl (C=O) groups excluding carboxylic acids is 1. The van der Waals surface area contributed by atoms with Crippen LogP contribution < -0.4 is 4.90 Å². The Morgan fingerprint density at radius 1 is 1.09 bits per heavy atom. The molecule has 2 heterocycles. The van der Waals surface area contributed by atoms with Crippen molar-refractivity contribution >= 4 is 28.6 Å². The van der Waals surface area contributed by atoms with E-state index in [0.29, 0.717) is 6.54 Å². The number of anilines is 1. The van der Waals surface area contributed by atoms with Gasteiger partial charge in [-0.3, -0.25) is 4.79 Å². The lowest BCUT2D eigenvalue weighted by atomic mass is 10.1. The fourth-order valence-electron chi connectivity index (χ4n) is 3.26. The van der Waals surface area contributed by atoms with Crippen molar-refractivity contribution in [2.45, 2.75) is 13.5 Å². The molecule has 1 amide bonds. The Labute approximate surface area is 135 Å². The van der Waals surface area contributed by atoms with Crippen molar-refractivity contribution in [3.63, 3.8) is 0 Å². The molecule has 1 aliphatic heterocycles. The second-order valence-corrected chi connectivity index (χ2v) is 5.98. The fraction of sp³-hybridized carbons (Fsp3) is 0.150. The summed E-state index contributed by atoms with van der Waals surface area (Å²) in [5, 5.41) is 1.16. The molecule has 0 unspecified atom stereocenters. The Kier molecular flexibility index (Phi) is 3.08. The molecule has 0 spiro atoms. The Morgan fingerprint density at radius 3 is 2.78 bits per heavy atom. The molecule has 0 fully saturated rings. The van der Waals surface area contributed by atoms with Crippen LogP contribution in [0.4, 0.5) is 5.69 Å². The van der Waals surface area contributed by atoms with Crippen LogP contribution in [0.5, 0.6) is 0 Å². The Hall–Kier alpha value is -2.81. The van der Waals surface area contributed by atoms with E-state index in [9.17, 15) is 4.79 Å². The van der Waals surface area contributed by atoms with E-state index in [4.69, 9.17) is 0 Å². The lowest BCUT2D eigenvalue weighted by molar-refractivity contribution is 0.0996. The zero-order chi connectivity index (χ0) is 16.0. The second kappa shape index (κ2) is 5.13. The second-order valence-electron chi connectivity index (χ2n) is 5.98. The molecule has 3 nitrogen and oxygen atoms in total. The highest BCUT2D eigenvalue weighted by molar-refractivity contribution is 6.10. The quantitative estimate of drug-likeness (QED) is 0.690. The monoisotopic (exact) mass is 302 g/mol. The van der Waals surface area contributed by atoms with Gasteiger partial charge in [0.05, 0.1) is 6.54 Å². The van der Waals surface area contributed by atoms with Crippen molar-refractivity contribution in [1.82, 2.24) is 4.57 Å². The number of hydrogen-bond acceptors (Lipinski definition) is 1. The number of fused-ring (bicyclic) bond motifs is 2. The van der Waals surface area contributed by atoms with Crippen LogP contribution in [0.15, 0.2) is 54.7 Å². The van der Waals surface area contributed by atoms with Crippen LogP contribution in [0.3, 0.4) is 0 Å². The predicted octanol–water partition coefficient (Wildman–Crippen LogP) is 4.37. The molecule has 1 aliphatic rings. The van der Waals surface area contributed by atoms with Gasteiger partial charge in [0.15, 0.2) is 0 Å². The van der Waals surface area contributed by atoms with Gasteiger partial charge in [0.1, 0.15) is 0 Å². The van der Waals surface area contributed by atoms with E-state index in [1.54, 1.807) is 0 Å². The van der Waals surface area contributed by atoms with Crippen LogP contribution in [-0.4, -0.2) is 10.5 Å². The maximum atomic E-state index is 12.8. The largest absolute Gasteiger partial charge is 0.351 e. The third-order valence-corrected chi connectivity index (χ3v) is 4.48. The highest BCUT2D eigenvalue weighted by Gasteiger charge is 2.28. The first-order valence-corrected chi connectivity index (χ1v) is 7.80. The first-order valence-electron chi connectivity index (χ1n) is 7.80. The molecule has 114 valence electrons. The van der Waals surface area contributed by atoms with E-state index in [-0.39, 0.29) is 5.91 Å². The van der Waals surface area contributed by atoms with Crippen LogP contribution >= 0.6 is 0 Å². The van der Waals surface area contributed by atoms with Gasteiger partial charge in [-0.1, -0.05) is 24.3 Å². The van der Waals surface area contributed by atoms with Gasteiger partial charge in [-0.2, -0.15) is 0 Å². The molecule has 23 heavy (non-hydrogen) atoms. The lowest BCUT2D eigenvalue weighted by Gasteiger charge is -2.16. The molecule has 0 atom stereocenters. The van der Waals surface area contributed by atoms with Crippen molar-refractivity contribution in [2.24, 2.45) is 7.05 Å². The summed E-state index contributed by atoms with van der Waals surface area (Å²) in [6, 6.07) is 14.4. The number of amides is 1. The minimum Gasteiger partial charge on any atom is -0.351 e.